The van der Waals surface area contributed by atoms with E-state index < -0.39 is 71.6 Å². The molecule has 346 valence electrons. The SMILES string of the molecule is CCC(COCC(C=O)SSCC(=O)O[C@@H]1O[C@H]2OC(C)(OO)CCC3C2C(CC[C@@H]3C)[C@@H]1C)OC(=O)CSSCC(=O)O[C@H]1O[C@@H]2OC3(C)CCC4CCCC([C@H]1C)[C@]42O3. The second kappa shape index (κ2) is 20.8. The minimum Gasteiger partial charge on any atom is -0.459 e. The first-order chi connectivity index (χ1) is 29.2. The lowest BCUT2D eigenvalue weighted by Crippen LogP contribution is -2.65. The molecule has 0 amide bonds. The molecule has 61 heavy (non-hydrogen) atoms. The minimum atomic E-state index is -1.20. The number of ether oxygens (including phenoxy) is 9. The van der Waals surface area contributed by atoms with Crippen molar-refractivity contribution in [1.82, 2.24) is 0 Å². The van der Waals surface area contributed by atoms with Crippen LogP contribution in [-0.2, 0) is 66.7 Å². The number of esters is 3. The number of carbonyl (C=O) groups excluding carboxylic acids is 4. The van der Waals surface area contributed by atoms with Crippen LogP contribution in [0.25, 0.3) is 0 Å². The number of rotatable bonds is 19. The van der Waals surface area contributed by atoms with Crippen LogP contribution in [0.4, 0.5) is 0 Å². The van der Waals surface area contributed by atoms with E-state index in [-0.39, 0.29) is 60.1 Å². The average Bonchev–Trinajstić information content (AvgIpc) is 3.35. The zero-order valence-corrected chi connectivity index (χ0v) is 39.3. The first-order valence-corrected chi connectivity index (χ1v) is 26.9. The van der Waals surface area contributed by atoms with E-state index in [0.717, 1.165) is 57.7 Å². The van der Waals surface area contributed by atoms with Crippen molar-refractivity contribution in [2.75, 3.05) is 30.5 Å². The maximum atomic E-state index is 13.0. The van der Waals surface area contributed by atoms with Gasteiger partial charge in [0.15, 0.2) is 18.4 Å². The second-order valence-corrected chi connectivity index (χ2v) is 23.4. The zero-order chi connectivity index (χ0) is 43.5. The molecule has 5 heterocycles. The molecule has 2 saturated carbocycles. The van der Waals surface area contributed by atoms with Crippen LogP contribution in [0.5, 0.6) is 0 Å². The first kappa shape index (κ1) is 48.1. The topological polar surface area (TPSA) is 181 Å². The van der Waals surface area contributed by atoms with Crippen molar-refractivity contribution >= 4 is 67.4 Å². The summed E-state index contributed by atoms with van der Waals surface area (Å²) in [5.74, 6) is -1.50. The second-order valence-electron chi connectivity index (χ2n) is 18.3. The predicted octanol–water partition coefficient (Wildman–Crippen LogP) is 7.39. The molecule has 7 fully saturated rings. The fourth-order valence-electron chi connectivity index (χ4n) is 11.1. The summed E-state index contributed by atoms with van der Waals surface area (Å²) in [5.41, 5.74) is -0.478. The number of hydrogen-bond donors (Lipinski definition) is 1. The largest absolute Gasteiger partial charge is 0.459 e. The number of carbonyl (C=O) groups is 4. The van der Waals surface area contributed by atoms with Crippen molar-refractivity contribution < 1.29 is 72.0 Å². The predicted molar refractivity (Wildman–Crippen MR) is 228 cm³/mol. The van der Waals surface area contributed by atoms with Crippen LogP contribution < -0.4 is 0 Å². The van der Waals surface area contributed by atoms with Crippen LogP contribution in [0.15, 0.2) is 0 Å². The summed E-state index contributed by atoms with van der Waals surface area (Å²) in [6, 6.07) is 0. The van der Waals surface area contributed by atoms with Crippen molar-refractivity contribution in [3.8, 4) is 0 Å². The Morgan fingerprint density at radius 2 is 1.54 bits per heavy atom. The van der Waals surface area contributed by atoms with Crippen molar-refractivity contribution in [2.24, 2.45) is 47.3 Å². The van der Waals surface area contributed by atoms with Gasteiger partial charge in [-0.2, -0.15) is 0 Å². The lowest BCUT2D eigenvalue weighted by molar-refractivity contribution is -0.442. The van der Waals surface area contributed by atoms with E-state index in [4.69, 9.17) is 47.5 Å². The molecule has 2 aliphatic carbocycles. The molecular weight excluding hydrogens is 873 g/mol. The van der Waals surface area contributed by atoms with Gasteiger partial charge in [0.2, 0.25) is 18.4 Å². The smallest absolute Gasteiger partial charge is 0.319 e. The molecule has 1 spiro atoms. The Morgan fingerprint density at radius 1 is 0.820 bits per heavy atom. The third-order valence-electron chi connectivity index (χ3n) is 14.3. The standard InChI is InChI=1S/C42H64O15S4/c1-7-27(49-32(44)20-58-59-21-33(45)51-37-25(4)31-10-8-9-26-13-15-40(5)55-39(53-37)42(26,31)56-40)18-48-19-28(17-43)61-60-22-34(46)50-36-24(3)30-12-11-23(2)29-14-16-41(6,57-47)54-38(52-36)35(29)30/h17,23-31,35-39,47H,7-16,18-22H2,1-6H3/t23-,24-,25+,26?,27?,28?,29?,30?,31?,35?,36+,37-,38-,39+,40?,41?,42+/m0/s1. The number of fused-ring (bicyclic) bond motifs is 1. The molecule has 1 N–H and O–H groups in total. The number of aldehydes is 1. The van der Waals surface area contributed by atoms with Gasteiger partial charge in [0.25, 0.3) is 0 Å². The van der Waals surface area contributed by atoms with Crippen LogP contribution in [0.3, 0.4) is 0 Å². The highest BCUT2D eigenvalue weighted by Gasteiger charge is 2.71. The molecular formula is C42H64O15S4. The summed E-state index contributed by atoms with van der Waals surface area (Å²) >= 11 is 0. The summed E-state index contributed by atoms with van der Waals surface area (Å²) in [4.78, 5) is 55.1. The summed E-state index contributed by atoms with van der Waals surface area (Å²) in [5, 5.41) is 9.06. The monoisotopic (exact) mass is 936 g/mol. The molecule has 2 bridgehead atoms. The van der Waals surface area contributed by atoms with Gasteiger partial charge in [-0.05, 0) is 76.0 Å². The molecule has 9 unspecified atom stereocenters. The van der Waals surface area contributed by atoms with Crippen molar-refractivity contribution in [3.63, 3.8) is 0 Å². The molecule has 7 rings (SSSR count). The van der Waals surface area contributed by atoms with Gasteiger partial charge in [0.1, 0.15) is 35.2 Å². The highest BCUT2D eigenvalue weighted by Crippen LogP contribution is 2.62. The van der Waals surface area contributed by atoms with E-state index in [1.807, 2.05) is 13.8 Å². The molecule has 19 heteroatoms. The van der Waals surface area contributed by atoms with Crippen LogP contribution in [0, 0.1) is 47.3 Å². The van der Waals surface area contributed by atoms with Gasteiger partial charge < -0.3 is 47.4 Å². The van der Waals surface area contributed by atoms with Gasteiger partial charge in [-0.1, -0.05) is 83.7 Å². The van der Waals surface area contributed by atoms with Gasteiger partial charge in [-0.15, -0.1) is 0 Å². The summed E-state index contributed by atoms with van der Waals surface area (Å²) in [6.45, 7) is 12.1. The highest BCUT2D eigenvalue weighted by molar-refractivity contribution is 8.77. The normalized spacial score (nSPS) is 42.2. The fourth-order valence-corrected chi connectivity index (χ4v) is 14.6. The Hall–Kier alpha value is -0.840. The lowest BCUT2D eigenvalue weighted by atomic mass is 9.60. The molecule has 5 saturated heterocycles. The quantitative estimate of drug-likeness (QED) is 0.0257. The Kier molecular flexibility index (Phi) is 16.4. The maximum Gasteiger partial charge on any atom is 0.319 e. The fraction of sp³-hybridized carbons (Fsp3) is 0.905. The van der Waals surface area contributed by atoms with Gasteiger partial charge in [0.05, 0.1) is 18.5 Å². The third kappa shape index (κ3) is 10.7. The zero-order valence-electron chi connectivity index (χ0n) is 36.1. The molecule has 0 radical (unpaired) electrons. The Balaban J connectivity index is 0.764. The molecule has 0 aromatic heterocycles. The van der Waals surface area contributed by atoms with Crippen LogP contribution in [-0.4, -0.2) is 114 Å². The van der Waals surface area contributed by atoms with Crippen molar-refractivity contribution in [2.45, 2.75) is 159 Å². The Morgan fingerprint density at radius 3 is 2.26 bits per heavy atom. The third-order valence-corrected chi connectivity index (χ3v) is 18.9. The van der Waals surface area contributed by atoms with Gasteiger partial charge >= 0.3 is 17.9 Å². The average molecular weight is 937 g/mol. The minimum absolute atomic E-state index is 0.0136. The first-order valence-electron chi connectivity index (χ1n) is 22.0. The summed E-state index contributed by atoms with van der Waals surface area (Å²) in [6.07, 6.45) is 6.46. The summed E-state index contributed by atoms with van der Waals surface area (Å²) < 4.78 is 54.7. The van der Waals surface area contributed by atoms with Crippen LogP contribution in [0.2, 0.25) is 0 Å². The van der Waals surface area contributed by atoms with E-state index in [9.17, 15) is 24.4 Å². The summed E-state index contributed by atoms with van der Waals surface area (Å²) in [7, 11) is 4.82. The van der Waals surface area contributed by atoms with Gasteiger partial charge in [-0.25, -0.2) is 10.1 Å². The van der Waals surface area contributed by atoms with Gasteiger partial charge in [0, 0.05) is 36.5 Å². The van der Waals surface area contributed by atoms with Crippen molar-refractivity contribution in [1.29, 1.82) is 0 Å². The van der Waals surface area contributed by atoms with E-state index in [2.05, 4.69) is 20.8 Å². The number of hydrogen-bond acceptors (Lipinski definition) is 19. The van der Waals surface area contributed by atoms with Crippen LogP contribution >= 0.6 is 43.2 Å². The van der Waals surface area contributed by atoms with Crippen LogP contribution in [0.1, 0.15) is 106 Å². The molecule has 17 atom stereocenters. The highest BCUT2D eigenvalue weighted by atomic mass is 33.1. The lowest BCUT2D eigenvalue weighted by Gasteiger charge is -2.56. The van der Waals surface area contributed by atoms with E-state index in [1.165, 1.54) is 43.2 Å². The van der Waals surface area contributed by atoms with E-state index in [1.54, 1.807) is 6.92 Å². The molecule has 7 aliphatic rings. The Labute approximate surface area is 374 Å². The molecule has 0 aromatic carbocycles. The Bertz CT molecular complexity index is 1550. The van der Waals surface area contributed by atoms with Gasteiger partial charge in [-0.3, -0.25) is 14.4 Å². The maximum absolute atomic E-state index is 13.0. The molecule has 0 aromatic rings. The van der Waals surface area contributed by atoms with E-state index >= 15 is 0 Å². The molecule has 15 nitrogen and oxygen atoms in total. The van der Waals surface area contributed by atoms with E-state index in [0.29, 0.717) is 30.6 Å². The van der Waals surface area contributed by atoms with Crippen molar-refractivity contribution in [3.05, 3.63) is 0 Å². The molecule has 5 aliphatic heterocycles.